The Morgan fingerprint density at radius 1 is 1.00 bits per heavy atom. The molecule has 3 rings (SSSR count). The van der Waals surface area contributed by atoms with Crippen LogP contribution >= 0.6 is 0 Å². The van der Waals surface area contributed by atoms with Crippen LogP contribution in [0.1, 0.15) is 25.3 Å². The van der Waals surface area contributed by atoms with Crippen molar-refractivity contribution in [1.29, 1.82) is 0 Å². The molecule has 1 N–H and O–H groups in total. The zero-order valence-electron chi connectivity index (χ0n) is 10.6. The van der Waals surface area contributed by atoms with Crippen LogP contribution in [0.15, 0.2) is 42.5 Å². The normalized spacial score (nSPS) is 12.1. The number of rotatable bonds is 3. The molecule has 2 aromatic rings. The number of aryl methyl sites for hydroxylation is 1. The van der Waals surface area contributed by atoms with Crippen LogP contribution in [0, 0.1) is 0 Å². The summed E-state index contributed by atoms with van der Waals surface area (Å²) in [5.74, 6) is 1.83. The minimum Gasteiger partial charge on any atom is -0.453 e. The van der Waals surface area contributed by atoms with Gasteiger partial charge in [-0.3, -0.25) is 0 Å². The third-order valence-electron chi connectivity index (χ3n) is 3.28. The molecule has 18 heavy (non-hydrogen) atoms. The lowest BCUT2D eigenvalue weighted by Gasteiger charge is -2.23. The van der Waals surface area contributed by atoms with E-state index in [1.54, 1.807) is 0 Å². The number of para-hydroxylation sites is 3. The molecule has 92 valence electrons. The quantitative estimate of drug-likeness (QED) is 0.703. The Bertz CT molecular complexity index is 563. The molecule has 0 amide bonds. The number of ether oxygens (including phenoxy) is 1. The minimum atomic E-state index is 0.901. The van der Waals surface area contributed by atoms with Gasteiger partial charge in [0.1, 0.15) is 0 Å². The van der Waals surface area contributed by atoms with Crippen LogP contribution in [0.2, 0.25) is 0 Å². The van der Waals surface area contributed by atoms with E-state index in [2.05, 4.69) is 30.4 Å². The van der Waals surface area contributed by atoms with Crippen molar-refractivity contribution >= 4 is 11.4 Å². The van der Waals surface area contributed by atoms with Gasteiger partial charge in [0.25, 0.3) is 0 Å². The summed E-state index contributed by atoms with van der Waals surface area (Å²) < 4.78 is 5.94. The van der Waals surface area contributed by atoms with Crippen LogP contribution in [0.5, 0.6) is 11.5 Å². The highest BCUT2D eigenvalue weighted by molar-refractivity contribution is 5.77. The molecule has 2 heteroatoms. The first-order chi connectivity index (χ1) is 8.88. The van der Waals surface area contributed by atoms with Gasteiger partial charge in [-0.25, -0.2) is 0 Å². The first kappa shape index (κ1) is 11.1. The second-order valence-corrected chi connectivity index (χ2v) is 4.62. The lowest BCUT2D eigenvalue weighted by atomic mass is 10.0. The van der Waals surface area contributed by atoms with E-state index in [-0.39, 0.29) is 0 Å². The summed E-state index contributed by atoms with van der Waals surface area (Å²) in [4.78, 5) is 0. The summed E-state index contributed by atoms with van der Waals surface area (Å²) in [5, 5.41) is 3.49. The van der Waals surface area contributed by atoms with Crippen molar-refractivity contribution in [3.63, 3.8) is 0 Å². The molecule has 0 atom stereocenters. The van der Waals surface area contributed by atoms with Crippen LogP contribution in [0.4, 0.5) is 11.4 Å². The van der Waals surface area contributed by atoms with Gasteiger partial charge in [0.05, 0.1) is 11.4 Å². The first-order valence-corrected chi connectivity index (χ1v) is 6.54. The molecule has 0 unspecified atom stereocenters. The zero-order valence-corrected chi connectivity index (χ0v) is 10.6. The van der Waals surface area contributed by atoms with Crippen LogP contribution in [0.25, 0.3) is 0 Å². The van der Waals surface area contributed by atoms with Gasteiger partial charge in [-0.05, 0) is 36.6 Å². The van der Waals surface area contributed by atoms with Crippen LogP contribution in [-0.4, -0.2) is 0 Å². The van der Waals surface area contributed by atoms with E-state index in [1.165, 1.54) is 18.4 Å². The van der Waals surface area contributed by atoms with Gasteiger partial charge in [0.2, 0.25) is 0 Å². The molecule has 0 aliphatic carbocycles. The largest absolute Gasteiger partial charge is 0.453 e. The maximum atomic E-state index is 5.94. The molecule has 1 aliphatic rings. The van der Waals surface area contributed by atoms with Gasteiger partial charge < -0.3 is 10.1 Å². The monoisotopic (exact) mass is 239 g/mol. The van der Waals surface area contributed by atoms with Gasteiger partial charge in [0.15, 0.2) is 11.5 Å². The van der Waals surface area contributed by atoms with E-state index in [1.807, 2.05) is 24.3 Å². The van der Waals surface area contributed by atoms with Gasteiger partial charge in [0, 0.05) is 0 Å². The zero-order chi connectivity index (χ0) is 12.4. The van der Waals surface area contributed by atoms with Gasteiger partial charge in [-0.15, -0.1) is 0 Å². The third-order valence-corrected chi connectivity index (χ3v) is 3.28. The Hall–Kier alpha value is -1.96. The molecule has 0 saturated heterocycles. The topological polar surface area (TPSA) is 21.3 Å². The number of unbranched alkanes of at least 4 members (excludes halogenated alkanes) is 1. The van der Waals surface area contributed by atoms with E-state index >= 15 is 0 Å². The minimum absolute atomic E-state index is 0.901. The molecule has 0 fully saturated rings. The van der Waals surface area contributed by atoms with Gasteiger partial charge in [-0.2, -0.15) is 0 Å². The SMILES string of the molecule is CCCCc1cccc2c1Nc1ccccc1O2. The van der Waals surface area contributed by atoms with Crippen molar-refractivity contribution in [3.8, 4) is 11.5 Å². The summed E-state index contributed by atoms with van der Waals surface area (Å²) in [7, 11) is 0. The lowest BCUT2D eigenvalue weighted by molar-refractivity contribution is 0.480. The number of hydrogen-bond acceptors (Lipinski definition) is 2. The molecule has 0 bridgehead atoms. The third kappa shape index (κ3) is 1.94. The van der Waals surface area contributed by atoms with Gasteiger partial charge >= 0.3 is 0 Å². The molecule has 1 heterocycles. The van der Waals surface area contributed by atoms with Crippen molar-refractivity contribution in [2.45, 2.75) is 26.2 Å². The second-order valence-electron chi connectivity index (χ2n) is 4.62. The maximum Gasteiger partial charge on any atom is 0.151 e. The predicted octanol–water partition coefficient (Wildman–Crippen LogP) is 4.88. The van der Waals surface area contributed by atoms with Crippen molar-refractivity contribution in [2.24, 2.45) is 0 Å². The number of hydrogen-bond donors (Lipinski definition) is 1. The van der Waals surface area contributed by atoms with E-state index in [0.717, 1.165) is 29.3 Å². The Labute approximate surface area is 108 Å². The highest BCUT2D eigenvalue weighted by Gasteiger charge is 2.17. The van der Waals surface area contributed by atoms with E-state index in [0.29, 0.717) is 0 Å². The number of nitrogens with one attached hydrogen (secondary N) is 1. The van der Waals surface area contributed by atoms with E-state index in [9.17, 15) is 0 Å². The lowest BCUT2D eigenvalue weighted by Crippen LogP contribution is -2.05. The average Bonchev–Trinajstić information content (AvgIpc) is 2.43. The number of fused-ring (bicyclic) bond motifs is 2. The summed E-state index contributed by atoms with van der Waals surface area (Å²) in [5.41, 5.74) is 3.52. The van der Waals surface area contributed by atoms with Crippen molar-refractivity contribution in [2.75, 3.05) is 5.32 Å². The Morgan fingerprint density at radius 2 is 1.83 bits per heavy atom. The molecule has 0 aromatic heterocycles. The highest BCUT2D eigenvalue weighted by atomic mass is 16.5. The molecule has 0 radical (unpaired) electrons. The Balaban J connectivity index is 1.97. The fourth-order valence-corrected chi connectivity index (χ4v) is 2.29. The van der Waals surface area contributed by atoms with Crippen LogP contribution < -0.4 is 10.1 Å². The van der Waals surface area contributed by atoms with Crippen molar-refractivity contribution in [1.82, 2.24) is 0 Å². The molecule has 0 saturated carbocycles. The summed E-state index contributed by atoms with van der Waals surface area (Å²) >= 11 is 0. The fraction of sp³-hybridized carbons (Fsp3) is 0.250. The molecule has 2 aromatic carbocycles. The molecular formula is C16H17NO. The summed E-state index contributed by atoms with van der Waals surface area (Å²) in [6, 6.07) is 14.3. The molecule has 1 aliphatic heterocycles. The fourth-order valence-electron chi connectivity index (χ4n) is 2.29. The van der Waals surface area contributed by atoms with E-state index in [4.69, 9.17) is 4.74 Å². The highest BCUT2D eigenvalue weighted by Crippen LogP contribution is 2.43. The molecule has 0 spiro atoms. The standard InChI is InChI=1S/C16H17NO/c1-2-3-7-12-8-6-11-15-16(12)17-13-9-4-5-10-14(13)18-15/h4-6,8-11,17H,2-3,7H2,1H3. The summed E-state index contributed by atoms with van der Waals surface area (Å²) in [6.45, 7) is 2.22. The molecular weight excluding hydrogens is 222 g/mol. The Kier molecular flexibility index (Phi) is 2.93. The number of anilines is 2. The van der Waals surface area contributed by atoms with Crippen LogP contribution in [0.3, 0.4) is 0 Å². The maximum absolute atomic E-state index is 5.94. The predicted molar refractivity (Wildman–Crippen MR) is 74.9 cm³/mol. The first-order valence-electron chi connectivity index (χ1n) is 6.54. The van der Waals surface area contributed by atoms with E-state index < -0.39 is 0 Å². The summed E-state index contributed by atoms with van der Waals surface area (Å²) in [6.07, 6.45) is 3.51. The van der Waals surface area contributed by atoms with Crippen molar-refractivity contribution < 1.29 is 4.74 Å². The number of benzene rings is 2. The average molecular weight is 239 g/mol. The smallest absolute Gasteiger partial charge is 0.151 e. The van der Waals surface area contributed by atoms with Crippen LogP contribution in [-0.2, 0) is 6.42 Å². The van der Waals surface area contributed by atoms with Crippen molar-refractivity contribution in [3.05, 3.63) is 48.0 Å². The second kappa shape index (κ2) is 4.73. The Morgan fingerprint density at radius 3 is 2.72 bits per heavy atom. The van der Waals surface area contributed by atoms with Gasteiger partial charge in [-0.1, -0.05) is 37.6 Å². The molecule has 2 nitrogen and oxygen atoms in total.